The number of imidazole rings is 1. The molecule has 5 heteroatoms. The van der Waals surface area contributed by atoms with Crippen molar-refractivity contribution in [2.75, 3.05) is 6.61 Å². The third kappa shape index (κ3) is 3.60. The fourth-order valence-electron chi connectivity index (χ4n) is 1.51. The summed E-state index contributed by atoms with van der Waals surface area (Å²) in [4.78, 5) is 15.4. The van der Waals surface area contributed by atoms with E-state index in [0.29, 0.717) is 24.5 Å². The van der Waals surface area contributed by atoms with Crippen LogP contribution in [-0.2, 0) is 0 Å². The monoisotopic (exact) mass is 264 g/mol. The fraction of sp³-hybridized carbons (Fsp3) is 0.231. The largest absolute Gasteiger partial charge is 0.494 e. The molecule has 0 amide bonds. The van der Waals surface area contributed by atoms with Gasteiger partial charge in [-0.3, -0.25) is 9.36 Å². The summed E-state index contributed by atoms with van der Waals surface area (Å²) in [5.41, 5.74) is 0. The van der Waals surface area contributed by atoms with Crippen LogP contribution >= 0.6 is 11.6 Å². The van der Waals surface area contributed by atoms with Crippen LogP contribution < -0.4 is 4.74 Å². The van der Waals surface area contributed by atoms with Crippen LogP contribution in [-0.4, -0.2) is 22.1 Å². The van der Waals surface area contributed by atoms with Gasteiger partial charge < -0.3 is 4.74 Å². The maximum absolute atomic E-state index is 11.6. The van der Waals surface area contributed by atoms with Crippen molar-refractivity contribution in [3.05, 3.63) is 48.0 Å². The number of benzene rings is 1. The summed E-state index contributed by atoms with van der Waals surface area (Å²) in [5, 5.41) is 0.641. The summed E-state index contributed by atoms with van der Waals surface area (Å²) in [5.74, 6) is 0.736. The van der Waals surface area contributed by atoms with Gasteiger partial charge in [0.2, 0.25) is 5.91 Å². The lowest BCUT2D eigenvalue weighted by atomic mass is 10.3. The van der Waals surface area contributed by atoms with Crippen LogP contribution in [0.25, 0.3) is 0 Å². The molecule has 0 N–H and O–H groups in total. The Hall–Kier alpha value is -1.81. The Kier molecular flexibility index (Phi) is 4.36. The summed E-state index contributed by atoms with van der Waals surface area (Å²) in [7, 11) is 0. The van der Waals surface area contributed by atoms with E-state index in [4.69, 9.17) is 16.3 Å². The van der Waals surface area contributed by atoms with Gasteiger partial charge in [0, 0.05) is 23.8 Å². The third-order valence-electron chi connectivity index (χ3n) is 2.39. The highest BCUT2D eigenvalue weighted by molar-refractivity contribution is 6.30. The molecule has 0 aliphatic carbocycles. The van der Waals surface area contributed by atoms with Crippen molar-refractivity contribution in [3.63, 3.8) is 0 Å². The number of halogens is 1. The molecule has 0 atom stereocenters. The molecule has 0 aliphatic heterocycles. The first-order valence-corrected chi connectivity index (χ1v) is 6.03. The average Bonchev–Trinajstić information content (AvgIpc) is 2.88. The van der Waals surface area contributed by atoms with Crippen molar-refractivity contribution in [2.24, 2.45) is 0 Å². The minimum absolute atomic E-state index is 0.0159. The second-order valence-corrected chi connectivity index (χ2v) is 4.21. The Morgan fingerprint density at radius 2 is 2.33 bits per heavy atom. The summed E-state index contributed by atoms with van der Waals surface area (Å²) < 4.78 is 6.96. The molecule has 4 nitrogen and oxygen atoms in total. The molecule has 2 rings (SSSR count). The molecule has 0 unspecified atom stereocenters. The minimum atomic E-state index is 0.0159. The normalized spacial score (nSPS) is 10.3. The van der Waals surface area contributed by atoms with Gasteiger partial charge in [0.15, 0.2) is 0 Å². The van der Waals surface area contributed by atoms with E-state index in [9.17, 15) is 4.79 Å². The molecule has 0 saturated carbocycles. The van der Waals surface area contributed by atoms with E-state index < -0.39 is 0 Å². The molecule has 0 fully saturated rings. The minimum Gasteiger partial charge on any atom is -0.494 e. The first kappa shape index (κ1) is 12.6. The highest BCUT2D eigenvalue weighted by Gasteiger charge is 2.03. The summed E-state index contributed by atoms with van der Waals surface area (Å²) in [6.07, 6.45) is 5.81. The lowest BCUT2D eigenvalue weighted by Crippen LogP contribution is -2.09. The molecular formula is C13H13ClN2O2. The standard InChI is InChI=1S/C13H13ClN2O2/c14-11-3-1-4-12(9-11)18-8-2-5-13(17)16-7-6-15-10-16/h1,3-4,6-7,9-10H,2,5,8H2. The number of carbonyl (C=O) groups excluding carboxylic acids is 1. The maximum Gasteiger partial charge on any atom is 0.231 e. The van der Waals surface area contributed by atoms with E-state index in [1.54, 1.807) is 24.5 Å². The van der Waals surface area contributed by atoms with Crippen LogP contribution in [0.3, 0.4) is 0 Å². The lowest BCUT2D eigenvalue weighted by molar-refractivity contribution is 0.0893. The Morgan fingerprint density at radius 1 is 1.44 bits per heavy atom. The Morgan fingerprint density at radius 3 is 3.06 bits per heavy atom. The van der Waals surface area contributed by atoms with Crippen LogP contribution in [0.5, 0.6) is 5.75 Å². The topological polar surface area (TPSA) is 44.1 Å². The van der Waals surface area contributed by atoms with Crippen LogP contribution in [0.1, 0.15) is 17.6 Å². The van der Waals surface area contributed by atoms with Crippen molar-refractivity contribution in [1.29, 1.82) is 0 Å². The van der Waals surface area contributed by atoms with Gasteiger partial charge in [0.05, 0.1) is 6.61 Å². The molecule has 2 aromatic rings. The number of hydrogen-bond donors (Lipinski definition) is 0. The molecule has 0 bridgehead atoms. The number of ether oxygens (including phenoxy) is 1. The van der Waals surface area contributed by atoms with Crippen molar-refractivity contribution >= 4 is 17.5 Å². The molecule has 18 heavy (non-hydrogen) atoms. The van der Waals surface area contributed by atoms with Gasteiger partial charge in [-0.2, -0.15) is 0 Å². The zero-order valence-corrected chi connectivity index (χ0v) is 10.5. The molecule has 1 heterocycles. The van der Waals surface area contributed by atoms with Gasteiger partial charge in [-0.15, -0.1) is 0 Å². The van der Waals surface area contributed by atoms with Gasteiger partial charge in [-0.05, 0) is 24.6 Å². The van der Waals surface area contributed by atoms with E-state index in [1.165, 1.54) is 10.9 Å². The van der Waals surface area contributed by atoms with Crippen LogP contribution in [0.15, 0.2) is 43.0 Å². The Labute approximate surface area is 110 Å². The van der Waals surface area contributed by atoms with Gasteiger partial charge >= 0.3 is 0 Å². The fourth-order valence-corrected chi connectivity index (χ4v) is 1.69. The molecule has 1 aromatic carbocycles. The van der Waals surface area contributed by atoms with E-state index >= 15 is 0 Å². The van der Waals surface area contributed by atoms with E-state index in [0.717, 1.165) is 5.75 Å². The number of carbonyl (C=O) groups is 1. The highest BCUT2D eigenvalue weighted by atomic mass is 35.5. The SMILES string of the molecule is O=C(CCCOc1cccc(Cl)c1)n1ccnc1. The molecule has 0 radical (unpaired) electrons. The van der Waals surface area contributed by atoms with E-state index in [2.05, 4.69) is 4.98 Å². The van der Waals surface area contributed by atoms with Gasteiger partial charge in [0.1, 0.15) is 12.1 Å². The Balaban J connectivity index is 1.72. The third-order valence-corrected chi connectivity index (χ3v) is 2.63. The van der Waals surface area contributed by atoms with E-state index in [-0.39, 0.29) is 5.91 Å². The quantitative estimate of drug-likeness (QED) is 0.780. The van der Waals surface area contributed by atoms with Crippen LogP contribution in [0.4, 0.5) is 0 Å². The average molecular weight is 265 g/mol. The van der Waals surface area contributed by atoms with Crippen LogP contribution in [0.2, 0.25) is 5.02 Å². The zero-order chi connectivity index (χ0) is 12.8. The van der Waals surface area contributed by atoms with Crippen LogP contribution in [0, 0.1) is 0 Å². The first-order chi connectivity index (χ1) is 8.75. The highest BCUT2D eigenvalue weighted by Crippen LogP contribution is 2.17. The molecule has 1 aromatic heterocycles. The smallest absolute Gasteiger partial charge is 0.231 e. The van der Waals surface area contributed by atoms with Crippen molar-refractivity contribution in [1.82, 2.24) is 9.55 Å². The van der Waals surface area contributed by atoms with Gasteiger partial charge in [-0.25, -0.2) is 4.98 Å². The Bertz CT molecular complexity index is 511. The second kappa shape index (κ2) is 6.21. The maximum atomic E-state index is 11.6. The van der Waals surface area contributed by atoms with Crippen molar-refractivity contribution in [3.8, 4) is 5.75 Å². The number of hydrogen-bond acceptors (Lipinski definition) is 3. The van der Waals surface area contributed by atoms with Gasteiger partial charge in [0.25, 0.3) is 0 Å². The zero-order valence-electron chi connectivity index (χ0n) is 9.75. The first-order valence-electron chi connectivity index (χ1n) is 5.65. The predicted octanol–water partition coefficient (Wildman–Crippen LogP) is 3.04. The van der Waals surface area contributed by atoms with Gasteiger partial charge in [-0.1, -0.05) is 17.7 Å². The number of aromatic nitrogens is 2. The predicted molar refractivity (Wildman–Crippen MR) is 69.0 cm³/mol. The molecule has 0 saturated heterocycles. The van der Waals surface area contributed by atoms with E-state index in [1.807, 2.05) is 12.1 Å². The van der Waals surface area contributed by atoms with Crippen molar-refractivity contribution < 1.29 is 9.53 Å². The number of rotatable bonds is 5. The second-order valence-electron chi connectivity index (χ2n) is 3.77. The van der Waals surface area contributed by atoms with Crippen molar-refractivity contribution in [2.45, 2.75) is 12.8 Å². The molecule has 0 aliphatic rings. The summed E-state index contributed by atoms with van der Waals surface area (Å²) >= 11 is 5.83. The summed E-state index contributed by atoms with van der Waals surface area (Å²) in [6, 6.07) is 7.20. The number of nitrogens with zero attached hydrogens (tertiary/aromatic N) is 2. The summed E-state index contributed by atoms with van der Waals surface area (Å²) in [6.45, 7) is 0.487. The molecule has 0 spiro atoms. The molecule has 94 valence electrons. The lowest BCUT2D eigenvalue weighted by Gasteiger charge is -2.06. The molecular weight excluding hydrogens is 252 g/mol.